The molecule has 18 aromatic carbocycles. The van der Waals surface area contributed by atoms with E-state index in [0.717, 1.165) is 134 Å². The number of para-hydroxylation sites is 2. The Balaban J connectivity index is 0.000000150. The third-order valence-corrected chi connectivity index (χ3v) is 26.5. The minimum Gasteiger partial charge on any atom is -0.309 e. The zero-order chi connectivity index (χ0) is 88.7. The topological polar surface area (TPSA) is 135 Å². The lowest BCUT2D eigenvalue weighted by molar-refractivity contribution is 0.661. The Hall–Kier alpha value is -17.4. The maximum absolute atomic E-state index is 10.0. The molecule has 0 fully saturated rings. The molecule has 10 nitrogen and oxygen atoms in total. The van der Waals surface area contributed by atoms with Crippen molar-refractivity contribution < 1.29 is 0 Å². The Labute approximate surface area is 765 Å². The summed E-state index contributed by atoms with van der Waals surface area (Å²) in [7, 11) is 0. The lowest BCUT2D eigenvalue weighted by atomic mass is 9.82. The number of hydrogen-bond acceptors (Lipinski definition) is 8. The van der Waals surface area contributed by atoms with Crippen LogP contribution in [0.5, 0.6) is 0 Å². The minimum atomic E-state index is -0.181. The Morgan fingerprint density at radius 2 is 0.462 bits per heavy atom. The first kappa shape index (κ1) is 79.2. The van der Waals surface area contributed by atoms with Crippen LogP contribution in [-0.4, -0.2) is 39.0 Å². The summed E-state index contributed by atoms with van der Waals surface area (Å²) in [4.78, 5) is 31.6. The molecule has 0 aliphatic heterocycles. The van der Waals surface area contributed by atoms with Crippen LogP contribution in [0.25, 0.3) is 212 Å². The van der Waals surface area contributed by atoms with Crippen LogP contribution in [0.3, 0.4) is 0 Å². The average molecular weight is 1690 g/mol. The molecule has 24 rings (SSSR count). The molecular weight excluding hydrogens is 1610 g/mol. The molecule has 4 aromatic heterocycles. The summed E-state index contributed by atoms with van der Waals surface area (Å²) in [6.07, 6.45) is 0. The fourth-order valence-electron chi connectivity index (χ4n) is 19.8. The highest BCUT2D eigenvalue weighted by Gasteiger charge is 2.38. The standard InChI is InChI=1S/2C61H41N5/c1-61(2)54-28-11-9-26-50(54)52-36-53-51-27-10-12-29-56(51)66(57(53)37-55(52)61)49-34-47(42-21-13-16-39(30-42)38-62)33-48(35-49)60-64-58(45-24-14-22-43(31-45)40-17-5-3-6-18-40)63-59(65-60)46-25-15-23-44(32-46)41-19-7-4-8-20-41;1-61(2)54-22-11-9-20-50(54)52-36-53-51-21-10-12-23-56(51)66(57(53)37-55(52)61)49-34-47(46-19-13-14-39(32-46)38-62)33-48(35-49)60-64-58(44-28-24-42(25-29-44)40-15-5-3-6-16-40)63-59(65-60)45-30-26-43(27-31-45)41-17-7-4-8-18-41/h2*3-37H,1-2H3. The summed E-state index contributed by atoms with van der Waals surface area (Å²) in [5.74, 6) is 3.40. The van der Waals surface area contributed by atoms with Crippen molar-refractivity contribution in [3.63, 3.8) is 0 Å². The number of aromatic nitrogens is 8. The van der Waals surface area contributed by atoms with E-state index in [2.05, 4.69) is 413 Å². The summed E-state index contributed by atoms with van der Waals surface area (Å²) in [5.41, 5.74) is 35.5. The number of rotatable bonds is 14. The van der Waals surface area contributed by atoms with E-state index in [4.69, 9.17) is 29.9 Å². The quantitative estimate of drug-likeness (QED) is 0.105. The predicted octanol–water partition coefficient (Wildman–Crippen LogP) is 30.3. The molecule has 0 amide bonds. The van der Waals surface area contributed by atoms with Gasteiger partial charge in [-0.15, -0.1) is 0 Å². The van der Waals surface area contributed by atoms with Gasteiger partial charge in [-0.3, -0.25) is 0 Å². The normalized spacial score (nSPS) is 12.5. The largest absolute Gasteiger partial charge is 0.309 e. The average Bonchev–Trinajstić information content (AvgIpc) is 1.55. The van der Waals surface area contributed by atoms with Crippen molar-refractivity contribution in [3.8, 4) is 181 Å². The van der Waals surface area contributed by atoms with Crippen LogP contribution in [0.15, 0.2) is 425 Å². The minimum absolute atomic E-state index is 0.178. The van der Waals surface area contributed by atoms with Gasteiger partial charge in [0.2, 0.25) is 0 Å². The summed E-state index contributed by atoms with van der Waals surface area (Å²) >= 11 is 0. The monoisotopic (exact) mass is 1690 g/mol. The number of benzene rings is 18. The van der Waals surface area contributed by atoms with E-state index in [1.807, 2.05) is 60.7 Å². The molecule has 0 radical (unpaired) electrons. The van der Waals surface area contributed by atoms with E-state index >= 15 is 0 Å². The Bertz CT molecular complexity index is 8240. The molecule has 2 aliphatic rings. The van der Waals surface area contributed by atoms with Crippen molar-refractivity contribution in [2.24, 2.45) is 0 Å². The lowest BCUT2D eigenvalue weighted by Crippen LogP contribution is -2.15. The van der Waals surface area contributed by atoms with E-state index in [1.54, 1.807) is 0 Å². The van der Waals surface area contributed by atoms with Gasteiger partial charge in [0, 0.05) is 77.1 Å². The Morgan fingerprint density at radius 3 is 0.841 bits per heavy atom. The molecule has 620 valence electrons. The van der Waals surface area contributed by atoms with Crippen molar-refractivity contribution in [2.45, 2.75) is 38.5 Å². The van der Waals surface area contributed by atoms with Crippen LogP contribution in [0.4, 0.5) is 0 Å². The Kier molecular flexibility index (Phi) is 19.5. The zero-order valence-electron chi connectivity index (χ0n) is 72.9. The SMILES string of the molecule is CC1(C)c2ccccc2-c2cc3c4ccccc4n(-c4cc(-c5cccc(C#N)c5)cc(-c5nc(-c6ccc(-c7ccccc7)cc6)nc(-c6ccc(-c7ccccc7)cc6)n5)c4)c3cc21.CC1(C)c2ccccc2-c2cc3c4ccccc4n(-c4cc(-c5cccc(C#N)c5)cc(-c5nc(-c6cccc(-c7ccccc7)c6)nc(-c6cccc(-c7ccccc7)c6)n5)c4)c3cc21. The molecule has 0 saturated carbocycles. The second-order valence-electron chi connectivity index (χ2n) is 35.2. The van der Waals surface area contributed by atoms with Crippen molar-refractivity contribution >= 4 is 43.6 Å². The van der Waals surface area contributed by atoms with E-state index in [9.17, 15) is 10.5 Å². The van der Waals surface area contributed by atoms with Gasteiger partial charge in [-0.25, -0.2) is 29.9 Å². The van der Waals surface area contributed by atoms with E-state index in [-0.39, 0.29) is 10.8 Å². The molecule has 0 spiro atoms. The molecule has 4 heterocycles. The summed E-state index contributed by atoms with van der Waals surface area (Å²) < 4.78 is 4.78. The molecule has 10 heteroatoms. The van der Waals surface area contributed by atoms with Crippen molar-refractivity contribution in [3.05, 3.63) is 458 Å². The van der Waals surface area contributed by atoms with Gasteiger partial charge < -0.3 is 9.13 Å². The number of hydrogen-bond donors (Lipinski definition) is 0. The number of nitrogens with zero attached hydrogens (tertiary/aromatic N) is 10. The van der Waals surface area contributed by atoms with Gasteiger partial charge in [0.25, 0.3) is 0 Å². The molecular formula is C122H82N10. The third kappa shape index (κ3) is 14.2. The summed E-state index contributed by atoms with van der Waals surface area (Å²) in [6.45, 7) is 9.33. The van der Waals surface area contributed by atoms with Gasteiger partial charge >= 0.3 is 0 Å². The van der Waals surface area contributed by atoms with Crippen molar-refractivity contribution in [1.82, 2.24) is 39.0 Å². The maximum Gasteiger partial charge on any atom is 0.164 e. The first-order valence-corrected chi connectivity index (χ1v) is 44.6. The molecule has 0 atom stereocenters. The first-order valence-electron chi connectivity index (χ1n) is 44.6. The van der Waals surface area contributed by atoms with Gasteiger partial charge in [0.05, 0.1) is 45.3 Å². The van der Waals surface area contributed by atoms with E-state index in [1.165, 1.54) is 66.1 Å². The second kappa shape index (κ2) is 32.5. The van der Waals surface area contributed by atoms with E-state index in [0.29, 0.717) is 46.1 Å². The van der Waals surface area contributed by atoms with Crippen LogP contribution in [0.2, 0.25) is 0 Å². The lowest BCUT2D eigenvalue weighted by Gasteiger charge is -2.22. The third-order valence-electron chi connectivity index (χ3n) is 26.5. The molecule has 0 N–H and O–H groups in total. The first-order chi connectivity index (χ1) is 64.8. The highest BCUT2D eigenvalue weighted by Crippen LogP contribution is 2.54. The molecule has 0 bridgehead atoms. The fourth-order valence-corrected chi connectivity index (χ4v) is 19.8. The molecule has 22 aromatic rings. The predicted molar refractivity (Wildman–Crippen MR) is 538 cm³/mol. The van der Waals surface area contributed by atoms with Gasteiger partial charge in [-0.1, -0.05) is 343 Å². The van der Waals surface area contributed by atoms with Crippen molar-refractivity contribution in [1.29, 1.82) is 10.5 Å². The highest BCUT2D eigenvalue weighted by molar-refractivity contribution is 6.13. The van der Waals surface area contributed by atoms with Gasteiger partial charge in [0.1, 0.15) is 0 Å². The van der Waals surface area contributed by atoms with Crippen LogP contribution < -0.4 is 0 Å². The number of fused-ring (bicyclic) bond motifs is 12. The summed E-state index contributed by atoms with van der Waals surface area (Å²) in [5, 5.41) is 24.8. The van der Waals surface area contributed by atoms with Crippen LogP contribution in [0, 0.1) is 22.7 Å². The van der Waals surface area contributed by atoms with Gasteiger partial charge in [0.15, 0.2) is 34.9 Å². The van der Waals surface area contributed by atoms with Crippen LogP contribution >= 0.6 is 0 Å². The highest BCUT2D eigenvalue weighted by atomic mass is 15.1. The smallest absolute Gasteiger partial charge is 0.164 e. The van der Waals surface area contributed by atoms with E-state index < -0.39 is 0 Å². The molecule has 2 aliphatic carbocycles. The Morgan fingerprint density at radius 1 is 0.189 bits per heavy atom. The van der Waals surface area contributed by atoms with Crippen LogP contribution in [0.1, 0.15) is 61.1 Å². The second-order valence-corrected chi connectivity index (χ2v) is 35.2. The number of nitriles is 2. The van der Waals surface area contributed by atoms with Gasteiger partial charge in [-0.05, 0) is 220 Å². The molecule has 0 saturated heterocycles. The maximum atomic E-state index is 10.0. The zero-order valence-corrected chi connectivity index (χ0v) is 72.9. The molecule has 0 unspecified atom stereocenters. The summed E-state index contributed by atoms with van der Waals surface area (Å²) in [6, 6.07) is 153. The van der Waals surface area contributed by atoms with Crippen molar-refractivity contribution in [2.75, 3.05) is 0 Å². The fraction of sp³-hybridized carbons (Fsp3) is 0.0492. The van der Waals surface area contributed by atoms with Gasteiger partial charge in [-0.2, -0.15) is 10.5 Å². The molecule has 132 heavy (non-hydrogen) atoms. The van der Waals surface area contributed by atoms with Crippen LogP contribution in [-0.2, 0) is 10.8 Å².